The summed E-state index contributed by atoms with van der Waals surface area (Å²) in [6.07, 6.45) is 0. The predicted octanol–water partition coefficient (Wildman–Crippen LogP) is 2.80. The summed E-state index contributed by atoms with van der Waals surface area (Å²) in [5.74, 6) is 17.8. The van der Waals surface area contributed by atoms with Gasteiger partial charge in [0.05, 0.1) is 5.56 Å². The van der Waals surface area contributed by atoms with Crippen molar-refractivity contribution < 1.29 is 0 Å². The Hall–Kier alpha value is -2.10. The minimum Gasteiger partial charge on any atom is -0.101 e. The van der Waals surface area contributed by atoms with E-state index in [4.69, 9.17) is 0 Å². The quantitative estimate of drug-likeness (QED) is 0.554. The van der Waals surface area contributed by atoms with Gasteiger partial charge in [0.2, 0.25) is 0 Å². The summed E-state index contributed by atoms with van der Waals surface area (Å²) in [6.45, 7) is 5.46. The molecule has 0 heterocycles. The molecule has 0 saturated carbocycles. The van der Waals surface area contributed by atoms with Crippen LogP contribution in [-0.2, 0) is 0 Å². The topological polar surface area (TPSA) is 0 Å². The number of hydrogen-bond donors (Lipinski definition) is 0. The van der Waals surface area contributed by atoms with Gasteiger partial charge in [-0.25, -0.2) is 0 Å². The second-order valence-electron chi connectivity index (χ2n) is 2.85. The molecule has 0 saturated heterocycles. The van der Waals surface area contributed by atoms with Gasteiger partial charge in [-0.05, 0) is 32.9 Å². The Labute approximate surface area is 91.7 Å². The maximum atomic E-state index is 3.06. The van der Waals surface area contributed by atoms with E-state index in [0.717, 1.165) is 16.7 Å². The van der Waals surface area contributed by atoms with Crippen LogP contribution in [0.2, 0.25) is 0 Å². The van der Waals surface area contributed by atoms with Crippen LogP contribution in [0.15, 0.2) is 18.2 Å². The van der Waals surface area contributed by atoms with E-state index < -0.39 is 0 Å². The van der Waals surface area contributed by atoms with E-state index in [1.165, 1.54) is 0 Å². The summed E-state index contributed by atoms with van der Waals surface area (Å²) >= 11 is 0. The van der Waals surface area contributed by atoms with Crippen LogP contribution in [-0.4, -0.2) is 0 Å². The molecule has 0 fully saturated rings. The summed E-state index contributed by atoms with van der Waals surface area (Å²) < 4.78 is 0. The Morgan fingerprint density at radius 1 is 0.733 bits per heavy atom. The van der Waals surface area contributed by atoms with E-state index in [2.05, 4.69) is 35.5 Å². The Kier molecular flexibility index (Phi) is 4.09. The molecule has 0 nitrogen and oxygen atoms in total. The molecule has 1 aromatic rings. The molecule has 0 heteroatoms. The van der Waals surface area contributed by atoms with Crippen molar-refractivity contribution in [1.82, 2.24) is 0 Å². The minimum absolute atomic E-state index is 0.934. The Balaban J connectivity index is 3.47. The third kappa shape index (κ3) is 2.67. The van der Waals surface area contributed by atoms with Crippen molar-refractivity contribution >= 4 is 0 Å². The van der Waals surface area contributed by atoms with Crippen molar-refractivity contribution in [1.29, 1.82) is 0 Å². The molecule has 1 rings (SSSR count). The third-order valence-corrected chi connectivity index (χ3v) is 1.83. The average Bonchev–Trinajstić information content (AvgIpc) is 2.23. The van der Waals surface area contributed by atoms with Crippen molar-refractivity contribution in [2.75, 3.05) is 0 Å². The summed E-state index contributed by atoms with van der Waals surface area (Å²) in [4.78, 5) is 0. The van der Waals surface area contributed by atoms with Crippen LogP contribution in [0.3, 0.4) is 0 Å². The summed E-state index contributed by atoms with van der Waals surface area (Å²) in [5, 5.41) is 0. The van der Waals surface area contributed by atoms with Gasteiger partial charge in [-0.2, -0.15) is 0 Å². The molecule has 0 aliphatic carbocycles. The Morgan fingerprint density at radius 2 is 1.20 bits per heavy atom. The first kappa shape index (κ1) is 11.0. The van der Waals surface area contributed by atoms with E-state index in [0.29, 0.717) is 0 Å². The van der Waals surface area contributed by atoms with Crippen LogP contribution in [0.5, 0.6) is 0 Å². The molecule has 0 aliphatic heterocycles. The van der Waals surface area contributed by atoms with Crippen LogP contribution in [0, 0.1) is 35.5 Å². The minimum atomic E-state index is 0.934. The van der Waals surface area contributed by atoms with Gasteiger partial charge in [-0.15, -0.1) is 17.8 Å². The van der Waals surface area contributed by atoms with Gasteiger partial charge in [0.1, 0.15) is 0 Å². The van der Waals surface area contributed by atoms with E-state index >= 15 is 0 Å². The molecule has 0 bridgehead atoms. The molecule has 0 aromatic heterocycles. The molecular formula is C15H12. The molecule has 0 spiro atoms. The van der Waals surface area contributed by atoms with E-state index in [1.54, 1.807) is 0 Å². The fourth-order valence-corrected chi connectivity index (χ4v) is 1.29. The van der Waals surface area contributed by atoms with Gasteiger partial charge < -0.3 is 0 Å². The van der Waals surface area contributed by atoms with E-state index in [1.807, 2.05) is 39.0 Å². The summed E-state index contributed by atoms with van der Waals surface area (Å²) in [6, 6.07) is 5.90. The molecule has 72 valence electrons. The van der Waals surface area contributed by atoms with Crippen LogP contribution < -0.4 is 0 Å². The smallest absolute Gasteiger partial charge is 0.0558 e. The second kappa shape index (κ2) is 5.59. The lowest BCUT2D eigenvalue weighted by molar-refractivity contribution is 1.53. The zero-order chi connectivity index (χ0) is 11.1. The second-order valence-corrected chi connectivity index (χ2v) is 2.85. The zero-order valence-corrected chi connectivity index (χ0v) is 9.23. The standard InChI is InChI=1S/C15H12/c1-4-8-13-11-7-12-14(9-5-2)15(13)10-6-3/h7,11-12H,1-3H3. The highest BCUT2D eigenvalue weighted by Crippen LogP contribution is 2.12. The molecular weight excluding hydrogens is 180 g/mol. The van der Waals surface area contributed by atoms with Crippen molar-refractivity contribution in [3.8, 4) is 35.5 Å². The monoisotopic (exact) mass is 192 g/mol. The number of hydrogen-bond acceptors (Lipinski definition) is 0. The highest BCUT2D eigenvalue weighted by molar-refractivity contribution is 5.59. The molecule has 0 unspecified atom stereocenters. The molecule has 0 amide bonds. The van der Waals surface area contributed by atoms with Crippen molar-refractivity contribution in [2.45, 2.75) is 20.8 Å². The van der Waals surface area contributed by atoms with Gasteiger partial charge in [0, 0.05) is 11.1 Å². The van der Waals surface area contributed by atoms with Crippen molar-refractivity contribution in [3.05, 3.63) is 34.9 Å². The van der Waals surface area contributed by atoms with Crippen molar-refractivity contribution in [2.24, 2.45) is 0 Å². The van der Waals surface area contributed by atoms with Crippen molar-refractivity contribution in [3.63, 3.8) is 0 Å². The molecule has 15 heavy (non-hydrogen) atoms. The van der Waals surface area contributed by atoms with E-state index in [9.17, 15) is 0 Å². The Bertz CT molecular complexity index is 490. The largest absolute Gasteiger partial charge is 0.101 e. The molecule has 1 aromatic carbocycles. The van der Waals surface area contributed by atoms with E-state index in [-0.39, 0.29) is 0 Å². The molecule has 0 N–H and O–H groups in total. The number of rotatable bonds is 0. The van der Waals surface area contributed by atoms with Gasteiger partial charge in [0.25, 0.3) is 0 Å². The van der Waals surface area contributed by atoms with Gasteiger partial charge in [-0.1, -0.05) is 23.8 Å². The maximum absolute atomic E-state index is 3.06. The maximum Gasteiger partial charge on any atom is 0.0558 e. The SMILES string of the molecule is CC#Cc1cccc(C#CC)c1C#CC. The van der Waals surface area contributed by atoms with Crippen LogP contribution >= 0.6 is 0 Å². The summed E-state index contributed by atoms with van der Waals surface area (Å²) in [5.41, 5.74) is 2.84. The number of benzene rings is 1. The fraction of sp³-hybridized carbons (Fsp3) is 0.200. The fourth-order valence-electron chi connectivity index (χ4n) is 1.29. The lowest BCUT2D eigenvalue weighted by Gasteiger charge is -1.99. The van der Waals surface area contributed by atoms with Crippen LogP contribution in [0.4, 0.5) is 0 Å². The Morgan fingerprint density at radius 3 is 1.60 bits per heavy atom. The molecule has 0 radical (unpaired) electrons. The first-order valence-corrected chi connectivity index (χ1v) is 4.74. The third-order valence-electron chi connectivity index (χ3n) is 1.83. The van der Waals surface area contributed by atoms with Crippen LogP contribution in [0.1, 0.15) is 37.5 Å². The average molecular weight is 192 g/mol. The first-order chi connectivity index (χ1) is 7.33. The normalized spacial score (nSPS) is 7.40. The van der Waals surface area contributed by atoms with Gasteiger partial charge in [-0.3, -0.25) is 0 Å². The predicted molar refractivity (Wildman–Crippen MR) is 64.1 cm³/mol. The first-order valence-electron chi connectivity index (χ1n) is 4.74. The highest BCUT2D eigenvalue weighted by Gasteiger charge is 2.01. The molecule has 0 aliphatic rings. The molecule has 0 atom stereocenters. The van der Waals surface area contributed by atoms with Crippen LogP contribution in [0.25, 0.3) is 0 Å². The zero-order valence-electron chi connectivity index (χ0n) is 9.23. The van der Waals surface area contributed by atoms with Gasteiger partial charge in [0.15, 0.2) is 0 Å². The summed E-state index contributed by atoms with van der Waals surface area (Å²) in [7, 11) is 0. The lowest BCUT2D eigenvalue weighted by Crippen LogP contribution is -1.89. The highest BCUT2D eigenvalue weighted by atomic mass is 14.0. The lowest BCUT2D eigenvalue weighted by atomic mass is 10.0. The van der Waals surface area contributed by atoms with Gasteiger partial charge >= 0.3 is 0 Å².